The molecule has 32 heavy (non-hydrogen) atoms. The van der Waals surface area contributed by atoms with Gasteiger partial charge in [0.15, 0.2) is 0 Å². The summed E-state index contributed by atoms with van der Waals surface area (Å²) in [6.07, 6.45) is 2.56. The topological polar surface area (TPSA) is 114 Å². The van der Waals surface area contributed by atoms with Crippen LogP contribution in [0.25, 0.3) is 0 Å². The van der Waals surface area contributed by atoms with Gasteiger partial charge in [-0.1, -0.05) is 6.92 Å². The van der Waals surface area contributed by atoms with Gasteiger partial charge in [-0.05, 0) is 67.8 Å². The zero-order valence-electron chi connectivity index (χ0n) is 18.3. The molecule has 4 N–H and O–H groups in total. The highest BCUT2D eigenvalue weighted by molar-refractivity contribution is 5.94. The fourth-order valence-corrected chi connectivity index (χ4v) is 3.53. The van der Waals surface area contributed by atoms with Crippen molar-refractivity contribution in [3.8, 4) is 11.5 Å². The zero-order valence-corrected chi connectivity index (χ0v) is 18.3. The molecule has 0 unspecified atom stereocenters. The molecule has 0 radical (unpaired) electrons. The van der Waals surface area contributed by atoms with Crippen LogP contribution in [0.2, 0.25) is 0 Å². The van der Waals surface area contributed by atoms with Crippen molar-refractivity contribution in [2.45, 2.75) is 32.2 Å². The maximum absolute atomic E-state index is 12.6. The summed E-state index contributed by atoms with van der Waals surface area (Å²) in [5.74, 6) is 0.599. The van der Waals surface area contributed by atoms with Gasteiger partial charge >= 0.3 is 0 Å². The summed E-state index contributed by atoms with van der Waals surface area (Å²) < 4.78 is 5.74. The Kier molecular flexibility index (Phi) is 8.21. The molecule has 3 amide bonds. The number of rotatable bonds is 9. The van der Waals surface area contributed by atoms with Crippen LogP contribution in [-0.4, -0.2) is 54.8 Å². The van der Waals surface area contributed by atoms with Gasteiger partial charge < -0.3 is 21.1 Å². The Morgan fingerprint density at radius 3 is 2.06 bits per heavy atom. The number of carbonyl (C=O) groups is 3. The van der Waals surface area contributed by atoms with Gasteiger partial charge in [-0.2, -0.15) is 0 Å². The quantitative estimate of drug-likeness (QED) is 0.556. The monoisotopic (exact) mass is 438 g/mol. The average Bonchev–Trinajstić information content (AvgIpc) is 2.80. The molecule has 0 aliphatic carbocycles. The zero-order chi connectivity index (χ0) is 22.9. The molecule has 0 bridgehead atoms. The second-order valence-electron chi connectivity index (χ2n) is 7.89. The molecule has 0 spiro atoms. The molecular weight excluding hydrogens is 408 g/mol. The van der Waals surface area contributed by atoms with E-state index in [4.69, 9.17) is 10.5 Å². The van der Waals surface area contributed by atoms with Crippen LogP contribution in [0.15, 0.2) is 48.5 Å². The minimum absolute atomic E-state index is 0.0560. The first-order valence-electron chi connectivity index (χ1n) is 10.9. The predicted octanol–water partition coefficient (Wildman–Crippen LogP) is 2.30. The smallest absolute Gasteiger partial charge is 0.251 e. The molecule has 2 aromatic carbocycles. The fraction of sp³-hybridized carbons (Fsp3) is 0.375. The summed E-state index contributed by atoms with van der Waals surface area (Å²) >= 11 is 0. The first-order chi connectivity index (χ1) is 15.4. The first kappa shape index (κ1) is 23.3. The lowest BCUT2D eigenvalue weighted by Gasteiger charge is -2.31. The lowest BCUT2D eigenvalue weighted by Crippen LogP contribution is -2.47. The largest absolute Gasteiger partial charge is 0.457 e. The molecular formula is C24H30N4O4. The van der Waals surface area contributed by atoms with E-state index in [1.54, 1.807) is 48.5 Å². The van der Waals surface area contributed by atoms with Gasteiger partial charge in [-0.15, -0.1) is 0 Å². The molecule has 1 saturated heterocycles. The summed E-state index contributed by atoms with van der Waals surface area (Å²) in [4.78, 5) is 37.7. The average molecular weight is 439 g/mol. The van der Waals surface area contributed by atoms with Crippen LogP contribution in [0.1, 0.15) is 46.9 Å². The number of likely N-dealkylation sites (tertiary alicyclic amines) is 1. The summed E-state index contributed by atoms with van der Waals surface area (Å²) in [6.45, 7) is 4.71. The lowest BCUT2D eigenvalue weighted by molar-refractivity contribution is -0.122. The number of amides is 3. The van der Waals surface area contributed by atoms with Gasteiger partial charge in [0.05, 0.1) is 6.54 Å². The van der Waals surface area contributed by atoms with Crippen molar-refractivity contribution in [2.75, 3.05) is 26.2 Å². The van der Waals surface area contributed by atoms with Gasteiger partial charge in [0.1, 0.15) is 11.5 Å². The number of primary amides is 1. The highest BCUT2D eigenvalue weighted by atomic mass is 16.5. The van der Waals surface area contributed by atoms with Crippen molar-refractivity contribution in [3.63, 3.8) is 0 Å². The van der Waals surface area contributed by atoms with Crippen LogP contribution in [0.5, 0.6) is 11.5 Å². The maximum atomic E-state index is 12.6. The number of nitrogens with zero attached hydrogens (tertiary/aromatic N) is 1. The number of hydrogen-bond donors (Lipinski definition) is 3. The van der Waals surface area contributed by atoms with E-state index in [1.807, 2.05) is 6.92 Å². The molecule has 2 aromatic rings. The van der Waals surface area contributed by atoms with Gasteiger partial charge in [0, 0.05) is 36.8 Å². The Morgan fingerprint density at radius 1 is 0.969 bits per heavy atom. The molecule has 1 heterocycles. The highest BCUT2D eigenvalue weighted by Gasteiger charge is 2.22. The fourth-order valence-electron chi connectivity index (χ4n) is 3.53. The summed E-state index contributed by atoms with van der Waals surface area (Å²) in [7, 11) is 0. The minimum Gasteiger partial charge on any atom is -0.457 e. The van der Waals surface area contributed by atoms with Crippen molar-refractivity contribution in [1.82, 2.24) is 15.5 Å². The third-order valence-electron chi connectivity index (χ3n) is 5.35. The number of hydrogen-bond acceptors (Lipinski definition) is 5. The van der Waals surface area contributed by atoms with Crippen LogP contribution in [0.3, 0.4) is 0 Å². The van der Waals surface area contributed by atoms with Crippen molar-refractivity contribution >= 4 is 17.7 Å². The highest BCUT2D eigenvalue weighted by Crippen LogP contribution is 2.22. The Balaban J connectivity index is 1.45. The van der Waals surface area contributed by atoms with E-state index in [-0.39, 0.29) is 17.9 Å². The van der Waals surface area contributed by atoms with Gasteiger partial charge in [0.2, 0.25) is 11.8 Å². The van der Waals surface area contributed by atoms with Gasteiger partial charge in [0.25, 0.3) is 5.91 Å². The normalized spacial score (nSPS) is 14.5. The number of benzene rings is 2. The van der Waals surface area contributed by atoms with Crippen LogP contribution >= 0.6 is 0 Å². The van der Waals surface area contributed by atoms with Crippen molar-refractivity contribution in [3.05, 3.63) is 59.7 Å². The number of nitrogens with one attached hydrogen (secondary N) is 2. The van der Waals surface area contributed by atoms with E-state index in [1.165, 1.54) is 0 Å². The second-order valence-corrected chi connectivity index (χ2v) is 7.89. The van der Waals surface area contributed by atoms with Gasteiger partial charge in [-0.3, -0.25) is 19.3 Å². The first-order valence-corrected chi connectivity index (χ1v) is 10.9. The molecule has 1 aliphatic heterocycles. The van der Waals surface area contributed by atoms with Crippen LogP contribution in [-0.2, 0) is 4.79 Å². The Bertz CT molecular complexity index is 920. The standard InChI is InChI=1S/C24H30N4O4/c1-2-13-26-22(29)16-28-14-11-19(12-15-28)27-24(31)18-5-9-21(10-6-18)32-20-7-3-17(4-8-20)23(25)30/h3-10,19H,2,11-16H2,1H3,(H2,25,30)(H,26,29)(H,27,31). The predicted molar refractivity (Wildman–Crippen MR) is 122 cm³/mol. The maximum Gasteiger partial charge on any atom is 0.251 e. The molecule has 170 valence electrons. The summed E-state index contributed by atoms with van der Waals surface area (Å²) in [5.41, 5.74) is 6.20. The van der Waals surface area contributed by atoms with Crippen LogP contribution in [0.4, 0.5) is 0 Å². The van der Waals surface area contributed by atoms with E-state index in [0.29, 0.717) is 35.7 Å². The number of piperidine rings is 1. The molecule has 8 nitrogen and oxygen atoms in total. The third kappa shape index (κ3) is 6.81. The molecule has 0 saturated carbocycles. The third-order valence-corrected chi connectivity index (χ3v) is 5.35. The molecule has 8 heteroatoms. The Hall–Kier alpha value is -3.39. The van der Waals surface area contributed by atoms with E-state index in [0.717, 1.165) is 32.4 Å². The second kappa shape index (κ2) is 11.3. The van der Waals surface area contributed by atoms with E-state index in [2.05, 4.69) is 15.5 Å². The summed E-state index contributed by atoms with van der Waals surface area (Å²) in [5, 5.41) is 5.97. The minimum atomic E-state index is -0.491. The van der Waals surface area contributed by atoms with Gasteiger partial charge in [-0.25, -0.2) is 0 Å². The van der Waals surface area contributed by atoms with Crippen molar-refractivity contribution in [2.24, 2.45) is 5.73 Å². The van der Waals surface area contributed by atoms with E-state index >= 15 is 0 Å². The number of ether oxygens (including phenoxy) is 1. The van der Waals surface area contributed by atoms with Crippen molar-refractivity contribution < 1.29 is 19.1 Å². The molecule has 0 atom stereocenters. The Labute approximate surface area is 188 Å². The SMILES string of the molecule is CCCNC(=O)CN1CCC(NC(=O)c2ccc(Oc3ccc(C(N)=O)cc3)cc2)CC1. The molecule has 1 fully saturated rings. The van der Waals surface area contributed by atoms with Crippen LogP contribution < -0.4 is 21.1 Å². The van der Waals surface area contributed by atoms with Crippen LogP contribution in [0, 0.1) is 0 Å². The summed E-state index contributed by atoms with van der Waals surface area (Å²) in [6, 6.07) is 13.5. The molecule has 3 rings (SSSR count). The number of carbonyl (C=O) groups excluding carboxylic acids is 3. The van der Waals surface area contributed by atoms with E-state index < -0.39 is 5.91 Å². The Morgan fingerprint density at radius 2 is 1.53 bits per heavy atom. The number of nitrogens with two attached hydrogens (primary N) is 1. The van der Waals surface area contributed by atoms with E-state index in [9.17, 15) is 14.4 Å². The van der Waals surface area contributed by atoms with Crippen molar-refractivity contribution in [1.29, 1.82) is 0 Å². The molecule has 1 aliphatic rings. The molecule has 0 aromatic heterocycles. The lowest BCUT2D eigenvalue weighted by atomic mass is 10.0.